The van der Waals surface area contributed by atoms with Gasteiger partial charge in [-0.2, -0.15) is 0 Å². The summed E-state index contributed by atoms with van der Waals surface area (Å²) >= 11 is 0. The van der Waals surface area contributed by atoms with Crippen molar-refractivity contribution < 1.29 is 52.2 Å². The molecule has 3 fully saturated rings. The van der Waals surface area contributed by atoms with Crippen molar-refractivity contribution >= 4 is 5.97 Å². The van der Waals surface area contributed by atoms with E-state index in [2.05, 4.69) is 12.2 Å². The van der Waals surface area contributed by atoms with Crippen LogP contribution in [0.15, 0.2) is 12.2 Å². The normalized spacial score (nSPS) is 28.3. The van der Waals surface area contributed by atoms with Crippen LogP contribution in [0, 0.1) is 41.4 Å². The SMILES string of the molecule is COCCOCCOCCOCCOCCOCCOCCOCCOCCOC(=O)C1CC2CC1C1C3C=CC(C3)C21. The van der Waals surface area contributed by atoms with Crippen LogP contribution in [0.5, 0.6) is 0 Å². The lowest BCUT2D eigenvalue weighted by molar-refractivity contribution is -0.153. The van der Waals surface area contributed by atoms with Gasteiger partial charge in [-0.15, -0.1) is 0 Å². The molecule has 0 heterocycles. The first-order valence-electron chi connectivity index (χ1n) is 16.3. The predicted molar refractivity (Wildman–Crippen MR) is 157 cm³/mol. The summed E-state index contributed by atoms with van der Waals surface area (Å²) in [4.78, 5) is 12.7. The van der Waals surface area contributed by atoms with Gasteiger partial charge in [-0.25, -0.2) is 0 Å². The van der Waals surface area contributed by atoms with Crippen molar-refractivity contribution in [2.75, 3.05) is 126 Å². The van der Waals surface area contributed by atoms with E-state index in [0.717, 1.165) is 30.1 Å². The second-order valence-corrected chi connectivity index (χ2v) is 11.7. The number of esters is 1. The molecule has 248 valence electrons. The van der Waals surface area contributed by atoms with E-state index in [9.17, 15) is 4.79 Å². The largest absolute Gasteiger partial charge is 0.463 e. The fourth-order valence-corrected chi connectivity index (χ4v) is 7.38. The average Bonchev–Trinajstić information content (AvgIpc) is 3.82. The highest BCUT2D eigenvalue weighted by atomic mass is 16.6. The lowest BCUT2D eigenvalue weighted by Crippen LogP contribution is -2.35. The van der Waals surface area contributed by atoms with Crippen LogP contribution in [0.25, 0.3) is 0 Å². The van der Waals surface area contributed by atoms with E-state index in [-0.39, 0.29) is 11.9 Å². The summed E-state index contributed by atoms with van der Waals surface area (Å²) in [6, 6.07) is 0. The Kier molecular flexibility index (Phi) is 16.8. The molecule has 0 amide bonds. The van der Waals surface area contributed by atoms with E-state index in [1.54, 1.807) is 7.11 Å². The van der Waals surface area contributed by atoms with Crippen LogP contribution >= 0.6 is 0 Å². The second-order valence-electron chi connectivity index (χ2n) is 11.7. The Labute approximate surface area is 257 Å². The van der Waals surface area contributed by atoms with Gasteiger partial charge in [0, 0.05) is 7.11 Å². The Hall–Kier alpha value is -1.15. The minimum absolute atomic E-state index is 0.00875. The molecule has 7 unspecified atom stereocenters. The molecule has 4 rings (SSSR count). The van der Waals surface area contributed by atoms with Crippen molar-refractivity contribution in [2.45, 2.75) is 19.3 Å². The smallest absolute Gasteiger partial charge is 0.309 e. The molecular weight excluding hydrogens is 560 g/mol. The molecule has 0 radical (unpaired) electrons. The number of hydrogen-bond acceptors (Lipinski definition) is 11. The minimum Gasteiger partial charge on any atom is -0.463 e. The van der Waals surface area contributed by atoms with Gasteiger partial charge in [-0.1, -0.05) is 12.2 Å². The zero-order valence-corrected chi connectivity index (χ0v) is 26.0. The Balaban J connectivity index is 0.812. The fraction of sp³-hybridized carbons (Fsp3) is 0.906. The van der Waals surface area contributed by atoms with Crippen molar-refractivity contribution in [2.24, 2.45) is 41.4 Å². The lowest BCUT2D eigenvalue weighted by Gasteiger charge is -2.35. The summed E-state index contributed by atoms with van der Waals surface area (Å²) in [6.07, 6.45) is 8.42. The van der Waals surface area contributed by atoms with Crippen molar-refractivity contribution in [3.8, 4) is 0 Å². The number of rotatable bonds is 28. The molecule has 4 aliphatic rings. The molecular formula is C32H54O11. The van der Waals surface area contributed by atoms with Crippen LogP contribution in [0.2, 0.25) is 0 Å². The molecule has 0 saturated heterocycles. The van der Waals surface area contributed by atoms with E-state index in [1.165, 1.54) is 12.8 Å². The first kappa shape index (κ1) is 34.7. The Morgan fingerprint density at radius 3 is 1.35 bits per heavy atom. The number of allylic oxidation sites excluding steroid dienone is 2. The number of carbonyl (C=O) groups is 1. The van der Waals surface area contributed by atoms with E-state index in [1.807, 2.05) is 0 Å². The maximum absolute atomic E-state index is 12.7. The Bertz CT molecular complexity index is 780. The molecule has 0 aromatic carbocycles. The van der Waals surface area contributed by atoms with E-state index in [0.29, 0.717) is 131 Å². The summed E-state index contributed by atoms with van der Waals surface area (Å²) in [7, 11) is 1.65. The van der Waals surface area contributed by atoms with Crippen molar-refractivity contribution in [3.63, 3.8) is 0 Å². The van der Waals surface area contributed by atoms with Crippen LogP contribution in [-0.4, -0.2) is 132 Å². The van der Waals surface area contributed by atoms with Crippen LogP contribution < -0.4 is 0 Å². The Morgan fingerprint density at radius 1 is 0.512 bits per heavy atom. The van der Waals surface area contributed by atoms with Gasteiger partial charge in [-0.3, -0.25) is 4.79 Å². The summed E-state index contributed by atoms with van der Waals surface area (Å²) in [5, 5.41) is 0. The zero-order valence-electron chi connectivity index (χ0n) is 26.0. The van der Waals surface area contributed by atoms with Crippen LogP contribution in [0.3, 0.4) is 0 Å². The standard InChI is InChI=1S/C32H54O11/c1-34-4-5-35-6-7-36-8-9-37-10-11-38-12-13-39-14-15-40-16-17-41-18-19-42-20-21-43-32(33)29-24-27-23-28(29)31-26-3-2-25(22-26)30(27)31/h2-3,25-31H,4-24H2,1H3. The topological polar surface area (TPSA) is 109 Å². The zero-order chi connectivity index (χ0) is 30.0. The number of methoxy groups -OCH3 is 1. The minimum atomic E-state index is -0.00875. The van der Waals surface area contributed by atoms with E-state index < -0.39 is 0 Å². The van der Waals surface area contributed by atoms with Gasteiger partial charge in [0.05, 0.1) is 118 Å². The van der Waals surface area contributed by atoms with E-state index in [4.69, 9.17) is 47.4 Å². The molecule has 0 aromatic heterocycles. The third-order valence-corrected chi connectivity index (χ3v) is 9.08. The second kappa shape index (κ2) is 20.8. The van der Waals surface area contributed by atoms with Crippen LogP contribution in [0.4, 0.5) is 0 Å². The van der Waals surface area contributed by atoms with Gasteiger partial charge in [0.15, 0.2) is 0 Å². The average molecular weight is 615 g/mol. The first-order valence-corrected chi connectivity index (χ1v) is 16.3. The van der Waals surface area contributed by atoms with Crippen LogP contribution in [-0.2, 0) is 52.2 Å². The summed E-state index contributed by atoms with van der Waals surface area (Å²) in [6.45, 7) is 9.12. The highest BCUT2D eigenvalue weighted by Gasteiger charge is 2.62. The molecule has 7 atom stereocenters. The van der Waals surface area contributed by atoms with Gasteiger partial charge >= 0.3 is 5.97 Å². The molecule has 11 heteroatoms. The molecule has 43 heavy (non-hydrogen) atoms. The molecule has 4 bridgehead atoms. The molecule has 0 N–H and O–H groups in total. The van der Waals surface area contributed by atoms with Crippen molar-refractivity contribution in [1.29, 1.82) is 0 Å². The molecule has 0 spiro atoms. The third kappa shape index (κ3) is 11.6. The first-order chi connectivity index (χ1) is 21.3. The monoisotopic (exact) mass is 614 g/mol. The molecule has 4 aliphatic carbocycles. The maximum Gasteiger partial charge on any atom is 0.309 e. The molecule has 0 aliphatic heterocycles. The predicted octanol–water partition coefficient (Wildman–Crippen LogP) is 2.40. The van der Waals surface area contributed by atoms with Gasteiger partial charge in [0.2, 0.25) is 0 Å². The molecule has 11 nitrogen and oxygen atoms in total. The summed E-state index contributed by atoms with van der Waals surface area (Å²) < 4.78 is 54.2. The fourth-order valence-electron chi connectivity index (χ4n) is 7.38. The van der Waals surface area contributed by atoms with Gasteiger partial charge in [-0.05, 0) is 54.8 Å². The number of carbonyl (C=O) groups excluding carboxylic acids is 1. The van der Waals surface area contributed by atoms with Crippen LogP contribution in [0.1, 0.15) is 19.3 Å². The van der Waals surface area contributed by atoms with Crippen molar-refractivity contribution in [1.82, 2.24) is 0 Å². The number of fused-ring (bicyclic) bond motifs is 9. The third-order valence-electron chi connectivity index (χ3n) is 9.08. The highest BCUT2D eigenvalue weighted by Crippen LogP contribution is 2.67. The molecule has 0 aromatic rings. The van der Waals surface area contributed by atoms with E-state index >= 15 is 0 Å². The maximum atomic E-state index is 12.7. The van der Waals surface area contributed by atoms with Gasteiger partial charge < -0.3 is 47.4 Å². The lowest BCUT2D eigenvalue weighted by atomic mass is 9.69. The van der Waals surface area contributed by atoms with Crippen molar-refractivity contribution in [3.05, 3.63) is 12.2 Å². The van der Waals surface area contributed by atoms with Gasteiger partial charge in [0.25, 0.3) is 0 Å². The Morgan fingerprint density at radius 2 is 0.907 bits per heavy atom. The highest BCUT2D eigenvalue weighted by molar-refractivity contribution is 5.73. The summed E-state index contributed by atoms with van der Waals surface area (Å²) in [5.41, 5.74) is 0. The quantitative estimate of drug-likeness (QED) is 0.0561. The number of hydrogen-bond donors (Lipinski definition) is 0. The van der Waals surface area contributed by atoms with Gasteiger partial charge in [0.1, 0.15) is 6.61 Å². The molecule has 3 saturated carbocycles. The number of ether oxygens (including phenoxy) is 10. The summed E-state index contributed by atoms with van der Waals surface area (Å²) in [5.74, 6) is 4.43.